The van der Waals surface area contributed by atoms with E-state index in [9.17, 15) is 18.3 Å². The fraction of sp³-hybridized carbons (Fsp3) is 0.538. The number of phenols is 1. The molecular weight excluding hydrogens is 309 g/mol. The van der Waals surface area contributed by atoms with E-state index in [1.807, 2.05) is 0 Å². The number of hydrogen-bond donors (Lipinski definition) is 2. The van der Waals surface area contributed by atoms with E-state index in [1.165, 1.54) is 30.2 Å². The van der Waals surface area contributed by atoms with Gasteiger partial charge in [-0.3, -0.25) is 4.90 Å². The standard InChI is InChI=1S/C13H17F3N2O2.ClH/c1-20-9-2-3-11(19)10(8-9)12(13(14,15)16)18-6-4-17-5-7-18;/h2-3,8,12,17,19H,4-7H2,1H3;1H/t12-;/m1./s1. The van der Waals surface area contributed by atoms with Gasteiger partial charge in [0, 0.05) is 31.7 Å². The van der Waals surface area contributed by atoms with E-state index in [0.717, 1.165) is 0 Å². The van der Waals surface area contributed by atoms with E-state index >= 15 is 0 Å². The molecule has 1 atom stereocenters. The molecule has 0 amide bonds. The summed E-state index contributed by atoms with van der Waals surface area (Å²) in [5, 5.41) is 12.8. The van der Waals surface area contributed by atoms with Crippen LogP contribution in [0, 0.1) is 0 Å². The van der Waals surface area contributed by atoms with Gasteiger partial charge in [-0.15, -0.1) is 12.4 Å². The molecule has 0 spiro atoms. The first-order valence-corrected chi connectivity index (χ1v) is 6.32. The maximum Gasteiger partial charge on any atom is 0.408 e. The number of phenolic OH excluding ortho intramolecular Hbond substituents is 1. The Morgan fingerprint density at radius 1 is 1.29 bits per heavy atom. The second-order valence-electron chi connectivity index (χ2n) is 4.65. The van der Waals surface area contributed by atoms with Crippen LogP contribution in [0.15, 0.2) is 18.2 Å². The SMILES string of the molecule is COc1ccc(O)c([C@@H](N2CCNCC2)C(F)(F)F)c1.Cl. The Morgan fingerprint density at radius 2 is 1.90 bits per heavy atom. The van der Waals surface area contributed by atoms with E-state index < -0.39 is 12.2 Å². The lowest BCUT2D eigenvalue weighted by atomic mass is 10.0. The summed E-state index contributed by atoms with van der Waals surface area (Å²) in [5.74, 6) is -0.0751. The van der Waals surface area contributed by atoms with E-state index in [4.69, 9.17) is 4.74 Å². The summed E-state index contributed by atoms with van der Waals surface area (Å²) < 4.78 is 45.1. The average Bonchev–Trinajstić information content (AvgIpc) is 2.41. The smallest absolute Gasteiger partial charge is 0.408 e. The van der Waals surface area contributed by atoms with E-state index in [1.54, 1.807) is 0 Å². The Kier molecular flexibility index (Phi) is 6.12. The summed E-state index contributed by atoms with van der Waals surface area (Å²) >= 11 is 0. The Morgan fingerprint density at radius 3 is 2.43 bits per heavy atom. The highest BCUT2D eigenvalue weighted by molar-refractivity contribution is 5.85. The average molecular weight is 327 g/mol. The second kappa shape index (κ2) is 7.20. The first-order chi connectivity index (χ1) is 9.43. The van der Waals surface area contributed by atoms with Gasteiger partial charge in [-0.1, -0.05) is 0 Å². The normalized spacial score (nSPS) is 17.9. The van der Waals surface area contributed by atoms with Crippen molar-refractivity contribution in [2.45, 2.75) is 12.2 Å². The van der Waals surface area contributed by atoms with Crippen molar-refractivity contribution in [3.63, 3.8) is 0 Å². The molecule has 1 saturated heterocycles. The van der Waals surface area contributed by atoms with Crippen LogP contribution in [-0.2, 0) is 0 Å². The number of halogens is 4. The molecule has 2 N–H and O–H groups in total. The van der Waals surface area contributed by atoms with Gasteiger partial charge >= 0.3 is 6.18 Å². The zero-order valence-electron chi connectivity index (χ0n) is 11.5. The van der Waals surface area contributed by atoms with E-state index in [-0.39, 0.29) is 36.8 Å². The Bertz CT molecular complexity index is 465. The largest absolute Gasteiger partial charge is 0.508 e. The fourth-order valence-corrected chi connectivity index (χ4v) is 2.40. The number of alkyl halides is 3. The monoisotopic (exact) mass is 326 g/mol. The molecule has 1 heterocycles. The lowest BCUT2D eigenvalue weighted by Crippen LogP contribution is -2.49. The van der Waals surface area contributed by atoms with Crippen LogP contribution in [0.1, 0.15) is 11.6 Å². The predicted octanol–water partition coefficient (Wildman–Crippen LogP) is 2.33. The van der Waals surface area contributed by atoms with Crippen molar-refractivity contribution >= 4 is 12.4 Å². The van der Waals surface area contributed by atoms with Crippen molar-refractivity contribution in [3.8, 4) is 11.5 Å². The fourth-order valence-electron chi connectivity index (χ4n) is 2.40. The number of nitrogens with one attached hydrogen (secondary N) is 1. The minimum atomic E-state index is -4.46. The van der Waals surface area contributed by atoms with Crippen LogP contribution in [0.25, 0.3) is 0 Å². The summed E-state index contributed by atoms with van der Waals surface area (Å²) in [5.41, 5.74) is -0.168. The maximum atomic E-state index is 13.4. The molecule has 0 saturated carbocycles. The molecule has 21 heavy (non-hydrogen) atoms. The number of rotatable bonds is 3. The Balaban J connectivity index is 0.00000220. The lowest BCUT2D eigenvalue weighted by Gasteiger charge is -2.36. The molecule has 0 aliphatic carbocycles. The van der Waals surface area contributed by atoms with Gasteiger partial charge in [-0.25, -0.2) is 0 Å². The molecular formula is C13H18ClF3N2O2. The first-order valence-electron chi connectivity index (χ1n) is 6.32. The summed E-state index contributed by atoms with van der Waals surface area (Å²) in [6.07, 6.45) is -4.46. The molecule has 2 rings (SSSR count). The van der Waals surface area contributed by atoms with Crippen LogP contribution < -0.4 is 10.1 Å². The molecule has 1 aromatic rings. The number of methoxy groups -OCH3 is 1. The van der Waals surface area contributed by atoms with Crippen LogP contribution in [0.4, 0.5) is 13.2 Å². The third kappa shape index (κ3) is 4.15. The van der Waals surface area contributed by atoms with Crippen molar-refractivity contribution in [2.75, 3.05) is 33.3 Å². The van der Waals surface area contributed by atoms with Crippen molar-refractivity contribution in [3.05, 3.63) is 23.8 Å². The minimum Gasteiger partial charge on any atom is -0.508 e. The van der Waals surface area contributed by atoms with Crippen molar-refractivity contribution in [1.29, 1.82) is 0 Å². The Hall–Kier alpha value is -1.18. The molecule has 4 nitrogen and oxygen atoms in total. The van der Waals surface area contributed by atoms with Gasteiger partial charge < -0.3 is 15.2 Å². The predicted molar refractivity (Wildman–Crippen MR) is 75.1 cm³/mol. The van der Waals surface area contributed by atoms with Crippen LogP contribution in [0.3, 0.4) is 0 Å². The van der Waals surface area contributed by atoms with Crippen molar-refractivity contribution in [2.24, 2.45) is 0 Å². The van der Waals surface area contributed by atoms with Gasteiger partial charge in [0.25, 0.3) is 0 Å². The topological polar surface area (TPSA) is 44.7 Å². The van der Waals surface area contributed by atoms with Gasteiger partial charge in [0.2, 0.25) is 0 Å². The number of ether oxygens (including phenoxy) is 1. The molecule has 120 valence electrons. The summed E-state index contributed by atoms with van der Waals surface area (Å²) in [6.45, 7) is 1.55. The van der Waals surface area contributed by atoms with Gasteiger partial charge in [0.05, 0.1) is 7.11 Å². The number of piperazine rings is 1. The zero-order chi connectivity index (χ0) is 14.8. The third-order valence-electron chi connectivity index (χ3n) is 3.36. The van der Waals surface area contributed by atoms with Crippen LogP contribution in [0.2, 0.25) is 0 Å². The number of hydrogen-bond acceptors (Lipinski definition) is 4. The lowest BCUT2D eigenvalue weighted by molar-refractivity contribution is -0.188. The third-order valence-corrected chi connectivity index (χ3v) is 3.36. The molecule has 0 unspecified atom stereocenters. The molecule has 0 radical (unpaired) electrons. The zero-order valence-corrected chi connectivity index (χ0v) is 12.3. The van der Waals surface area contributed by atoms with E-state index in [2.05, 4.69) is 5.32 Å². The first kappa shape index (κ1) is 17.9. The van der Waals surface area contributed by atoms with Crippen LogP contribution >= 0.6 is 12.4 Å². The van der Waals surface area contributed by atoms with Gasteiger partial charge in [0.15, 0.2) is 0 Å². The highest BCUT2D eigenvalue weighted by Crippen LogP contribution is 2.42. The number of aromatic hydroxyl groups is 1. The molecule has 1 aliphatic heterocycles. The summed E-state index contributed by atoms with van der Waals surface area (Å²) in [6, 6.07) is 2.09. The highest BCUT2D eigenvalue weighted by Gasteiger charge is 2.46. The molecule has 8 heteroatoms. The quantitative estimate of drug-likeness (QED) is 0.895. The molecule has 0 bridgehead atoms. The van der Waals surface area contributed by atoms with Crippen LogP contribution in [0.5, 0.6) is 11.5 Å². The molecule has 1 aliphatic rings. The highest BCUT2D eigenvalue weighted by atomic mass is 35.5. The summed E-state index contributed by atoms with van der Waals surface area (Å²) in [7, 11) is 1.38. The van der Waals surface area contributed by atoms with Crippen molar-refractivity contribution < 1.29 is 23.0 Å². The number of benzene rings is 1. The van der Waals surface area contributed by atoms with Gasteiger partial charge in [-0.2, -0.15) is 13.2 Å². The van der Waals surface area contributed by atoms with Crippen molar-refractivity contribution in [1.82, 2.24) is 10.2 Å². The minimum absolute atomic E-state index is 0. The Labute approximate surface area is 127 Å². The second-order valence-corrected chi connectivity index (χ2v) is 4.65. The summed E-state index contributed by atoms with van der Waals surface area (Å²) in [4.78, 5) is 1.32. The van der Waals surface area contributed by atoms with Crippen LogP contribution in [-0.4, -0.2) is 49.5 Å². The number of nitrogens with zero attached hydrogens (tertiary/aromatic N) is 1. The molecule has 1 fully saturated rings. The molecule has 0 aromatic heterocycles. The van der Waals surface area contributed by atoms with E-state index in [0.29, 0.717) is 18.8 Å². The van der Waals surface area contributed by atoms with Gasteiger partial charge in [0.1, 0.15) is 17.5 Å². The van der Waals surface area contributed by atoms with Gasteiger partial charge in [-0.05, 0) is 18.2 Å². The maximum absolute atomic E-state index is 13.4. The molecule has 1 aromatic carbocycles.